The summed E-state index contributed by atoms with van der Waals surface area (Å²) in [5.41, 5.74) is 1.03. The van der Waals surface area contributed by atoms with Crippen molar-refractivity contribution in [1.29, 1.82) is 0 Å². The number of carbonyl (C=O) groups is 2. The van der Waals surface area contributed by atoms with Gasteiger partial charge >= 0.3 is 6.09 Å². The fourth-order valence-electron chi connectivity index (χ4n) is 6.19. The number of aromatic nitrogens is 1. The third-order valence-electron chi connectivity index (χ3n) is 10.3. The highest BCUT2D eigenvalue weighted by atomic mass is 35.5. The first kappa shape index (κ1) is 43.9. The molecule has 1 aliphatic carbocycles. The Morgan fingerprint density at radius 1 is 1.04 bits per heavy atom. The van der Waals surface area contributed by atoms with Crippen molar-refractivity contribution < 1.29 is 23.5 Å². The fraction of sp³-hybridized carbons (Fsp3) is 0.575. The topological polar surface area (TPSA) is 93.2 Å². The van der Waals surface area contributed by atoms with E-state index in [4.69, 9.17) is 65.3 Å². The number of thiazole rings is 1. The average Bonchev–Trinajstić information content (AvgIpc) is 3.62. The van der Waals surface area contributed by atoms with Crippen LogP contribution in [0, 0.1) is 5.92 Å². The van der Waals surface area contributed by atoms with Gasteiger partial charge in [0.2, 0.25) is 5.91 Å². The number of nitrogens with one attached hydrogen (secondary N) is 1. The van der Waals surface area contributed by atoms with Gasteiger partial charge in [-0.25, -0.2) is 9.78 Å². The summed E-state index contributed by atoms with van der Waals surface area (Å²) in [5.74, 6) is -0.160. The quantitative estimate of drug-likeness (QED) is 0.161. The molecule has 0 unspecified atom stereocenters. The lowest BCUT2D eigenvalue weighted by Gasteiger charge is -2.38. The number of rotatable bonds is 14. The van der Waals surface area contributed by atoms with E-state index >= 15 is 0 Å². The molecule has 3 aromatic rings. The van der Waals surface area contributed by atoms with E-state index in [0.29, 0.717) is 45.4 Å². The number of benzene rings is 2. The molecule has 9 nitrogen and oxygen atoms in total. The monoisotopic (exact) mass is 870 g/mol. The summed E-state index contributed by atoms with van der Waals surface area (Å²) < 4.78 is 18.5. The molecule has 2 aliphatic rings. The second-order valence-electron chi connectivity index (χ2n) is 17.1. The first-order chi connectivity index (χ1) is 25.6. The van der Waals surface area contributed by atoms with Gasteiger partial charge in [-0.2, -0.15) is 0 Å². The van der Waals surface area contributed by atoms with E-state index < -0.39 is 25.9 Å². The Morgan fingerprint density at radius 3 is 2.33 bits per heavy atom. The predicted octanol–water partition coefficient (Wildman–Crippen LogP) is 11.4. The molecule has 15 heteroatoms. The molecule has 1 saturated heterocycles. The number of amides is 2. The summed E-state index contributed by atoms with van der Waals surface area (Å²) in [6.07, 6.45) is 3.90. The van der Waals surface area contributed by atoms with Crippen molar-refractivity contribution in [2.45, 2.75) is 123 Å². The minimum absolute atomic E-state index is 0.0695. The number of halogens is 4. The zero-order valence-corrected chi connectivity index (χ0v) is 38.1. The van der Waals surface area contributed by atoms with Gasteiger partial charge in [-0.3, -0.25) is 4.79 Å². The van der Waals surface area contributed by atoms with Crippen molar-refractivity contribution in [3.63, 3.8) is 0 Å². The maximum Gasteiger partial charge on any atom is 0.407 e. The third kappa shape index (κ3) is 11.7. The Balaban J connectivity index is 1.26. The van der Waals surface area contributed by atoms with E-state index in [-0.39, 0.29) is 35.7 Å². The molecule has 0 bridgehead atoms. The lowest BCUT2D eigenvalue weighted by Crippen LogP contribution is -2.44. The number of carbonyl (C=O) groups excluding carboxylic acids is 2. The molecule has 55 heavy (non-hydrogen) atoms. The predicted molar refractivity (Wildman–Crippen MR) is 228 cm³/mol. The summed E-state index contributed by atoms with van der Waals surface area (Å²) in [7, 11) is -2.00. The molecule has 1 aromatic heterocycles. The van der Waals surface area contributed by atoms with Crippen molar-refractivity contribution in [1.82, 2.24) is 15.2 Å². The molecule has 1 N–H and O–H groups in total. The molecule has 1 saturated carbocycles. The van der Waals surface area contributed by atoms with Gasteiger partial charge in [0.05, 0.1) is 38.7 Å². The molecule has 2 fully saturated rings. The van der Waals surface area contributed by atoms with Crippen LogP contribution in [0.4, 0.5) is 9.93 Å². The third-order valence-corrected chi connectivity index (χ3v) is 17.4. The SMILES string of the molecule is C[C@H](O[Si](C)(C)C(C)(C)C)c1cc(Cl)c(O[C@@H]2CCN(c3ncc(C[C@H](CNC(=O)OC(C)(C)C)C(=O)N(Cc4cccc(Cl)c4Cl)C4CC4)s3)C2)c(Cl)c1. The summed E-state index contributed by atoms with van der Waals surface area (Å²) in [6, 6.07) is 9.33. The van der Waals surface area contributed by atoms with Crippen molar-refractivity contribution in [3.05, 3.63) is 72.6 Å². The van der Waals surface area contributed by atoms with E-state index in [1.165, 1.54) is 11.3 Å². The zero-order chi connectivity index (χ0) is 40.5. The first-order valence-electron chi connectivity index (χ1n) is 18.8. The van der Waals surface area contributed by atoms with Gasteiger partial charge in [-0.15, -0.1) is 11.3 Å². The molecule has 5 rings (SSSR count). The van der Waals surface area contributed by atoms with Crippen LogP contribution in [0.5, 0.6) is 5.75 Å². The molecule has 0 radical (unpaired) electrons. The zero-order valence-electron chi connectivity index (χ0n) is 33.2. The first-order valence-corrected chi connectivity index (χ1v) is 24.1. The Bertz CT molecular complexity index is 1820. The van der Waals surface area contributed by atoms with E-state index in [1.807, 2.05) is 42.3 Å². The van der Waals surface area contributed by atoms with Gasteiger partial charge in [0.1, 0.15) is 11.7 Å². The summed E-state index contributed by atoms with van der Waals surface area (Å²) in [6.45, 7) is 20.3. The van der Waals surface area contributed by atoms with Gasteiger partial charge in [0, 0.05) is 43.2 Å². The normalized spacial score (nSPS) is 17.5. The number of hydrogen-bond donors (Lipinski definition) is 1. The lowest BCUT2D eigenvalue weighted by atomic mass is 10.0. The molecule has 302 valence electrons. The molecule has 0 spiro atoms. The highest BCUT2D eigenvalue weighted by molar-refractivity contribution is 7.15. The van der Waals surface area contributed by atoms with E-state index in [1.54, 1.807) is 26.8 Å². The number of nitrogens with zero attached hydrogens (tertiary/aromatic N) is 3. The van der Waals surface area contributed by atoms with Crippen LogP contribution in [0.15, 0.2) is 36.5 Å². The molecule has 2 heterocycles. The lowest BCUT2D eigenvalue weighted by molar-refractivity contribution is -0.136. The van der Waals surface area contributed by atoms with Gasteiger partial charge in [-0.05, 0) is 94.4 Å². The fourth-order valence-corrected chi connectivity index (χ4v) is 9.56. The summed E-state index contributed by atoms with van der Waals surface area (Å²) in [5, 5.41) is 5.54. The molecule has 1 aliphatic heterocycles. The Morgan fingerprint density at radius 2 is 1.71 bits per heavy atom. The summed E-state index contributed by atoms with van der Waals surface area (Å²) >= 11 is 27.9. The molecular weight excluding hydrogens is 818 g/mol. The minimum atomic E-state index is -2.00. The van der Waals surface area contributed by atoms with Gasteiger partial charge in [0.15, 0.2) is 19.2 Å². The smallest absolute Gasteiger partial charge is 0.407 e. The van der Waals surface area contributed by atoms with Crippen LogP contribution in [0.3, 0.4) is 0 Å². The maximum absolute atomic E-state index is 14.3. The second-order valence-corrected chi connectivity index (χ2v) is 24.6. The summed E-state index contributed by atoms with van der Waals surface area (Å²) in [4.78, 5) is 36.7. The Labute approximate surface area is 351 Å². The number of anilines is 1. The molecule has 2 aromatic carbocycles. The number of hydrogen-bond acceptors (Lipinski definition) is 8. The van der Waals surface area contributed by atoms with Crippen LogP contribution in [-0.2, 0) is 26.9 Å². The maximum atomic E-state index is 14.3. The van der Waals surface area contributed by atoms with Crippen LogP contribution < -0.4 is 15.0 Å². The number of ether oxygens (including phenoxy) is 2. The molecular formula is C40H54Cl4N4O5SSi. The van der Waals surface area contributed by atoms with Crippen molar-refractivity contribution in [2.24, 2.45) is 5.92 Å². The van der Waals surface area contributed by atoms with Crippen molar-refractivity contribution in [2.75, 3.05) is 24.5 Å². The van der Waals surface area contributed by atoms with Crippen molar-refractivity contribution in [3.8, 4) is 5.75 Å². The van der Waals surface area contributed by atoms with Crippen LogP contribution in [-0.4, -0.2) is 67.6 Å². The van der Waals surface area contributed by atoms with E-state index in [0.717, 1.165) is 46.9 Å². The second kappa shape index (κ2) is 17.7. The largest absolute Gasteiger partial charge is 0.485 e. The average molecular weight is 873 g/mol. The van der Waals surface area contributed by atoms with Gasteiger partial charge in [-0.1, -0.05) is 79.3 Å². The van der Waals surface area contributed by atoms with Crippen LogP contribution in [0.25, 0.3) is 0 Å². The Kier molecular flexibility index (Phi) is 14.1. The minimum Gasteiger partial charge on any atom is -0.485 e. The van der Waals surface area contributed by atoms with Crippen LogP contribution >= 0.6 is 57.7 Å². The van der Waals surface area contributed by atoms with E-state index in [2.05, 4.69) is 44.1 Å². The van der Waals surface area contributed by atoms with Crippen molar-refractivity contribution >= 4 is 83.2 Å². The highest BCUT2D eigenvalue weighted by Gasteiger charge is 2.39. The Hall–Kier alpha value is -2.25. The van der Waals surface area contributed by atoms with Gasteiger partial charge in [0.25, 0.3) is 0 Å². The van der Waals surface area contributed by atoms with E-state index in [9.17, 15) is 9.59 Å². The highest BCUT2D eigenvalue weighted by Crippen LogP contribution is 2.43. The standard InChI is InChI=1S/C40H54Cl4N4O5SSi/c1-24(53-55(8,9)40(5,6)7)26-18-32(42)35(33(43)19-26)51-29-15-16-47(23-29)37-45-21-30(54-37)17-27(20-46-38(50)52-39(2,3)4)36(49)48(28-13-14-28)22-25-11-10-12-31(41)34(25)44/h10-12,18-19,21,24,27-29H,13-17,20,22-23H2,1-9H3,(H,46,50)/t24-,27+,29+/m0/s1. The van der Waals surface area contributed by atoms with Crippen LogP contribution in [0.1, 0.15) is 89.8 Å². The molecule has 3 atom stereocenters. The molecule has 2 amide bonds. The van der Waals surface area contributed by atoms with Gasteiger partial charge < -0.3 is 29.0 Å². The number of alkyl carbamates (subject to hydrolysis) is 1. The van der Waals surface area contributed by atoms with Crippen LogP contribution in [0.2, 0.25) is 38.2 Å².